The molecule has 0 radical (unpaired) electrons. The van der Waals surface area contributed by atoms with Crippen LogP contribution in [0.4, 0.5) is 0 Å². The van der Waals surface area contributed by atoms with Crippen molar-refractivity contribution in [3.63, 3.8) is 0 Å². The van der Waals surface area contributed by atoms with E-state index in [4.69, 9.17) is 34.7 Å². The summed E-state index contributed by atoms with van der Waals surface area (Å²) in [4.78, 5) is 37.8. The minimum atomic E-state index is -1.23. The fourth-order valence-electron chi connectivity index (χ4n) is 4.53. The molecule has 6 N–H and O–H groups in total. The Balaban J connectivity index is 2.36. The molecule has 0 bridgehead atoms. The average Bonchev–Trinajstić information content (AvgIpc) is 3.16. The van der Waals surface area contributed by atoms with Gasteiger partial charge in [0.15, 0.2) is 12.1 Å². The van der Waals surface area contributed by atoms with E-state index in [1.54, 1.807) is 18.2 Å². The van der Waals surface area contributed by atoms with Gasteiger partial charge in [-0.15, -0.1) is 0 Å². The minimum absolute atomic E-state index is 0.0678. The Hall–Kier alpha value is -1.71. The highest BCUT2D eigenvalue weighted by molar-refractivity contribution is 6.42. The van der Waals surface area contributed by atoms with E-state index in [0.717, 1.165) is 5.56 Å². The molecular formula is C21H30Cl2N3O5+. The number of likely N-dealkylation sites (tertiary alicyclic amines) is 1. The van der Waals surface area contributed by atoms with Crippen molar-refractivity contribution in [1.82, 2.24) is 0 Å². The number of quaternary nitrogens is 1. The molecule has 1 heterocycles. The lowest BCUT2D eigenvalue weighted by Crippen LogP contribution is -2.69. The van der Waals surface area contributed by atoms with Crippen LogP contribution in [-0.4, -0.2) is 63.8 Å². The monoisotopic (exact) mass is 474 g/mol. The number of carboxylic acid groups (broad SMARTS) is 2. The molecule has 172 valence electrons. The molecule has 1 aliphatic rings. The maximum Gasteiger partial charge on any atom is 0.363 e. The van der Waals surface area contributed by atoms with Gasteiger partial charge in [-0.3, -0.25) is 0 Å². The molecule has 8 nitrogen and oxygen atoms in total. The number of hydrogen-bond acceptors (Lipinski definition) is 5. The van der Waals surface area contributed by atoms with Crippen molar-refractivity contribution in [2.24, 2.45) is 11.5 Å². The molecule has 1 aromatic carbocycles. The Morgan fingerprint density at radius 3 is 2.42 bits per heavy atom. The van der Waals surface area contributed by atoms with Crippen LogP contribution in [-0.2, 0) is 20.8 Å². The van der Waals surface area contributed by atoms with Gasteiger partial charge in [-0.25, -0.2) is 18.9 Å². The lowest BCUT2D eigenvalue weighted by atomic mass is 9.97. The molecule has 4 atom stereocenters. The Kier molecular flexibility index (Phi) is 9.27. The first-order valence-corrected chi connectivity index (χ1v) is 11.2. The molecule has 1 aliphatic heterocycles. The number of rotatable bonds is 11. The molecule has 1 aromatic rings. The van der Waals surface area contributed by atoms with Crippen molar-refractivity contribution in [1.29, 1.82) is 0 Å². The summed E-state index contributed by atoms with van der Waals surface area (Å²) < 4.78 is -0.657. The number of carbonyl (C=O) groups excluding carboxylic acids is 1. The number of halogens is 2. The highest BCUT2D eigenvalue weighted by Crippen LogP contribution is 2.35. The van der Waals surface area contributed by atoms with Gasteiger partial charge in [0.1, 0.15) is 6.04 Å². The van der Waals surface area contributed by atoms with Gasteiger partial charge in [0.2, 0.25) is 0 Å². The van der Waals surface area contributed by atoms with Gasteiger partial charge in [0.05, 0.1) is 16.6 Å². The Labute approximate surface area is 191 Å². The lowest BCUT2D eigenvalue weighted by Gasteiger charge is -2.41. The average molecular weight is 475 g/mol. The topological polar surface area (TPSA) is 144 Å². The zero-order valence-corrected chi connectivity index (χ0v) is 18.8. The molecule has 2 rings (SSSR count). The van der Waals surface area contributed by atoms with Crippen LogP contribution < -0.4 is 11.5 Å². The van der Waals surface area contributed by atoms with Crippen LogP contribution >= 0.6 is 23.2 Å². The Morgan fingerprint density at radius 1 is 1.13 bits per heavy atom. The van der Waals surface area contributed by atoms with E-state index in [1.165, 1.54) is 0 Å². The Morgan fingerprint density at radius 2 is 1.84 bits per heavy atom. The molecule has 0 aromatic heterocycles. The molecule has 0 spiro atoms. The highest BCUT2D eigenvalue weighted by atomic mass is 35.5. The summed E-state index contributed by atoms with van der Waals surface area (Å²) in [5.41, 5.74) is 12.4. The largest absolute Gasteiger partial charge is 0.477 e. The van der Waals surface area contributed by atoms with Gasteiger partial charge >= 0.3 is 17.8 Å². The predicted molar refractivity (Wildman–Crippen MR) is 118 cm³/mol. The lowest BCUT2D eigenvalue weighted by molar-refractivity contribution is -0.875. The van der Waals surface area contributed by atoms with E-state index in [-0.39, 0.29) is 19.4 Å². The fourth-order valence-corrected chi connectivity index (χ4v) is 4.85. The maximum atomic E-state index is 13.5. The molecule has 1 amide bonds. The van der Waals surface area contributed by atoms with Gasteiger partial charge in [-0.1, -0.05) is 29.3 Å². The van der Waals surface area contributed by atoms with Crippen molar-refractivity contribution in [2.75, 3.05) is 13.1 Å². The molecule has 0 saturated carbocycles. The summed E-state index contributed by atoms with van der Waals surface area (Å²) in [7, 11) is 0. The number of carbonyl (C=O) groups is 3. The first-order valence-electron chi connectivity index (χ1n) is 10.4. The smallest absolute Gasteiger partial charge is 0.363 e. The summed E-state index contributed by atoms with van der Waals surface area (Å²) in [5.74, 6) is -2.92. The van der Waals surface area contributed by atoms with Crippen molar-refractivity contribution >= 4 is 41.0 Å². The number of nitrogens with two attached hydrogens (primary N) is 2. The summed E-state index contributed by atoms with van der Waals surface area (Å²) in [6, 6.07) is 1.68. The molecule has 31 heavy (non-hydrogen) atoms. The van der Waals surface area contributed by atoms with Crippen LogP contribution in [0, 0.1) is 0 Å². The van der Waals surface area contributed by atoms with Crippen LogP contribution in [0.15, 0.2) is 18.2 Å². The van der Waals surface area contributed by atoms with Gasteiger partial charge in [-0.2, -0.15) is 0 Å². The van der Waals surface area contributed by atoms with Crippen LogP contribution in [0.1, 0.15) is 44.1 Å². The number of nitrogens with zero attached hydrogens (tertiary/aromatic N) is 1. The first-order chi connectivity index (χ1) is 14.6. The van der Waals surface area contributed by atoms with Gasteiger partial charge in [0.25, 0.3) is 0 Å². The molecule has 2 unspecified atom stereocenters. The predicted octanol–water partition coefficient (Wildman–Crippen LogP) is 2.43. The van der Waals surface area contributed by atoms with Crippen LogP contribution in [0.25, 0.3) is 0 Å². The number of carboxylic acids is 2. The van der Waals surface area contributed by atoms with Gasteiger partial charge in [0, 0.05) is 19.3 Å². The first kappa shape index (κ1) is 25.5. The molecule has 1 saturated heterocycles. The fraction of sp³-hybridized carbons (Fsp3) is 0.571. The Bertz CT molecular complexity index is 822. The van der Waals surface area contributed by atoms with E-state index in [2.05, 4.69) is 0 Å². The van der Waals surface area contributed by atoms with Gasteiger partial charge < -0.3 is 21.7 Å². The second kappa shape index (κ2) is 11.2. The van der Waals surface area contributed by atoms with Crippen molar-refractivity contribution < 1.29 is 29.1 Å². The number of benzene rings is 1. The van der Waals surface area contributed by atoms with E-state index < -0.39 is 40.5 Å². The number of aryl methyl sites for hydroxylation is 1. The number of hydrogen-bond donors (Lipinski definition) is 4. The number of aliphatic carboxylic acids is 2. The van der Waals surface area contributed by atoms with Crippen molar-refractivity contribution in [2.45, 2.75) is 63.1 Å². The van der Waals surface area contributed by atoms with Crippen LogP contribution in [0.5, 0.6) is 0 Å². The third-order valence-corrected chi connectivity index (χ3v) is 6.81. The van der Waals surface area contributed by atoms with Crippen molar-refractivity contribution in [3.05, 3.63) is 33.8 Å². The summed E-state index contributed by atoms with van der Waals surface area (Å²) >= 11 is 12.0. The number of unbranched alkanes of at least 4 members (excludes halogenated alkanes) is 1. The van der Waals surface area contributed by atoms with E-state index >= 15 is 0 Å². The highest BCUT2D eigenvalue weighted by Gasteiger charge is 2.59. The SMILES string of the molecule is NCCCC[C@H](N)C(=O)[N+]1(C(CCc2ccc(Cl)c(Cl)c2)C(=O)O)CCC[C@H]1C(=O)O. The molecule has 10 heteroatoms. The number of amides is 1. The zero-order valence-electron chi connectivity index (χ0n) is 17.3. The normalized spacial score (nSPS) is 22.8. The van der Waals surface area contributed by atoms with Crippen LogP contribution in [0.2, 0.25) is 10.0 Å². The summed E-state index contributed by atoms with van der Waals surface area (Å²) in [5, 5.41) is 20.6. The molecule has 0 aliphatic carbocycles. The second-order valence-corrected chi connectivity index (χ2v) is 8.84. The molecule has 1 fully saturated rings. The van der Waals surface area contributed by atoms with E-state index in [0.29, 0.717) is 48.7 Å². The third kappa shape index (κ3) is 5.75. The molecular weight excluding hydrogens is 445 g/mol. The standard InChI is InChI=1S/C21H29Cl2N3O5/c22-14-8-6-13(12-15(14)23)7-9-18(21(30)31)26(11-3-5-17(26)20(28)29)19(27)16(25)4-1-2-10-24/h6,8,12,16-18H,1-5,7,9-11,24-25H2,(H-,28,29,30,31)/p+1/t16-,17-,18?,26?/m0/s1. The zero-order chi connectivity index (χ0) is 23.2. The van der Waals surface area contributed by atoms with Crippen LogP contribution in [0.3, 0.4) is 0 Å². The quantitative estimate of drug-likeness (QED) is 0.284. The van der Waals surface area contributed by atoms with E-state index in [1.807, 2.05) is 0 Å². The minimum Gasteiger partial charge on any atom is -0.477 e. The maximum absolute atomic E-state index is 13.5. The second-order valence-electron chi connectivity index (χ2n) is 8.02. The third-order valence-electron chi connectivity index (χ3n) is 6.08. The van der Waals surface area contributed by atoms with Gasteiger partial charge in [-0.05, 0) is 49.9 Å². The van der Waals surface area contributed by atoms with Crippen molar-refractivity contribution in [3.8, 4) is 0 Å². The summed E-state index contributed by atoms with van der Waals surface area (Å²) in [6.45, 7) is 0.596. The summed E-state index contributed by atoms with van der Waals surface area (Å²) in [6.07, 6.45) is 2.67. The van der Waals surface area contributed by atoms with E-state index in [9.17, 15) is 24.6 Å².